The topological polar surface area (TPSA) is 76.8 Å². The number of ether oxygens (including phenoxy) is 2. The van der Waals surface area contributed by atoms with Gasteiger partial charge in [0.05, 0.1) is 0 Å². The van der Waals surface area contributed by atoms with E-state index < -0.39 is 0 Å². The highest BCUT2D eigenvalue weighted by atomic mass is 16.6. The molecule has 0 bridgehead atoms. The normalized spacial score (nSPS) is 10.3. The second-order valence-electron chi connectivity index (χ2n) is 5.87. The molecule has 0 aliphatic heterocycles. The van der Waals surface area contributed by atoms with Crippen molar-refractivity contribution in [3.8, 4) is 11.5 Å². The molecule has 0 spiro atoms. The highest BCUT2D eigenvalue weighted by molar-refractivity contribution is 5.69. The fourth-order valence-corrected chi connectivity index (χ4v) is 2.14. The molecular weight excluding hydrogens is 318 g/mol. The van der Waals surface area contributed by atoms with E-state index in [9.17, 15) is 4.79 Å². The van der Waals surface area contributed by atoms with Crippen LogP contribution in [-0.2, 0) is 6.42 Å². The Balaban J connectivity index is 1.62. The smallest absolute Gasteiger partial charge is 0.414 e. The van der Waals surface area contributed by atoms with Crippen LogP contribution < -0.4 is 20.5 Å². The van der Waals surface area contributed by atoms with E-state index >= 15 is 0 Å². The summed E-state index contributed by atoms with van der Waals surface area (Å²) in [7, 11) is 3.31. The molecule has 134 valence electrons. The molecule has 0 saturated heterocycles. The lowest BCUT2D eigenvalue weighted by atomic mass is 10.1. The molecule has 2 aromatic carbocycles. The van der Waals surface area contributed by atoms with E-state index in [-0.39, 0.29) is 6.09 Å². The number of benzene rings is 2. The van der Waals surface area contributed by atoms with Crippen LogP contribution >= 0.6 is 0 Å². The first-order chi connectivity index (χ1) is 12.0. The van der Waals surface area contributed by atoms with Crippen molar-refractivity contribution in [2.75, 3.05) is 33.1 Å². The molecule has 3 N–H and O–H groups in total. The molecule has 0 unspecified atom stereocenters. The molecule has 0 fully saturated rings. The Labute approximate surface area is 148 Å². The molecular formula is C19H25N3O3. The van der Waals surface area contributed by atoms with Crippen LogP contribution in [0.15, 0.2) is 48.5 Å². The standard InChI is InChI=1S/C19H25N3O3/c1-22(2)19(23)25-17-10-8-15(9-11-17)5-4-12-21-14-24-18-7-3-6-16(20)13-18/h3,6-11,13,21H,4-5,12,14,20H2,1-2H3. The van der Waals surface area contributed by atoms with E-state index in [1.54, 1.807) is 20.2 Å². The SMILES string of the molecule is CN(C)C(=O)Oc1ccc(CCCNCOc2cccc(N)c2)cc1. The number of hydrogen-bond donors (Lipinski definition) is 2. The van der Waals surface area contributed by atoms with Gasteiger partial charge in [-0.3, -0.25) is 5.32 Å². The number of nitrogens with zero attached hydrogens (tertiary/aromatic N) is 1. The lowest BCUT2D eigenvalue weighted by Crippen LogP contribution is -2.25. The average Bonchev–Trinajstić information content (AvgIpc) is 2.59. The van der Waals surface area contributed by atoms with Gasteiger partial charge in [-0.2, -0.15) is 0 Å². The van der Waals surface area contributed by atoms with E-state index in [4.69, 9.17) is 15.2 Å². The van der Waals surface area contributed by atoms with Crippen molar-refractivity contribution in [2.24, 2.45) is 0 Å². The predicted octanol–water partition coefficient (Wildman–Crippen LogP) is 2.89. The highest BCUT2D eigenvalue weighted by Crippen LogP contribution is 2.15. The second-order valence-corrected chi connectivity index (χ2v) is 5.87. The van der Waals surface area contributed by atoms with Gasteiger partial charge in [-0.25, -0.2) is 4.79 Å². The van der Waals surface area contributed by atoms with Crippen LogP contribution in [0.1, 0.15) is 12.0 Å². The van der Waals surface area contributed by atoms with Crippen molar-refractivity contribution < 1.29 is 14.3 Å². The third-order valence-electron chi connectivity index (χ3n) is 3.51. The van der Waals surface area contributed by atoms with Crippen molar-refractivity contribution >= 4 is 11.8 Å². The Bertz CT molecular complexity index is 672. The summed E-state index contributed by atoms with van der Waals surface area (Å²) >= 11 is 0. The number of anilines is 1. The monoisotopic (exact) mass is 343 g/mol. The van der Waals surface area contributed by atoms with Crippen molar-refractivity contribution in [3.05, 3.63) is 54.1 Å². The molecule has 0 heterocycles. The summed E-state index contributed by atoms with van der Waals surface area (Å²) in [5, 5.41) is 3.24. The van der Waals surface area contributed by atoms with Gasteiger partial charge in [0.2, 0.25) is 0 Å². The Hall–Kier alpha value is -2.73. The molecule has 6 nitrogen and oxygen atoms in total. The number of nitrogens with one attached hydrogen (secondary N) is 1. The lowest BCUT2D eigenvalue weighted by Gasteiger charge is -2.11. The lowest BCUT2D eigenvalue weighted by molar-refractivity contribution is 0.172. The maximum Gasteiger partial charge on any atom is 0.414 e. The minimum Gasteiger partial charge on any atom is -0.478 e. The maximum absolute atomic E-state index is 11.5. The first kappa shape index (κ1) is 18.6. The summed E-state index contributed by atoms with van der Waals surface area (Å²) in [5.74, 6) is 1.31. The van der Waals surface area contributed by atoms with Gasteiger partial charge < -0.3 is 20.1 Å². The van der Waals surface area contributed by atoms with Gasteiger partial charge in [0.1, 0.15) is 18.2 Å². The fraction of sp³-hybridized carbons (Fsp3) is 0.316. The molecule has 25 heavy (non-hydrogen) atoms. The van der Waals surface area contributed by atoms with Gasteiger partial charge in [-0.15, -0.1) is 0 Å². The number of nitrogens with two attached hydrogens (primary N) is 1. The van der Waals surface area contributed by atoms with E-state index in [0.717, 1.165) is 25.1 Å². The second kappa shape index (κ2) is 9.54. The number of rotatable bonds is 8. The number of amides is 1. The molecule has 0 saturated carbocycles. The summed E-state index contributed by atoms with van der Waals surface area (Å²) in [6.07, 6.45) is 1.54. The molecule has 6 heteroatoms. The van der Waals surface area contributed by atoms with Gasteiger partial charge in [-0.1, -0.05) is 18.2 Å². The Kier molecular flexibility index (Phi) is 7.10. The van der Waals surface area contributed by atoms with Crippen molar-refractivity contribution in [3.63, 3.8) is 0 Å². The summed E-state index contributed by atoms with van der Waals surface area (Å²) < 4.78 is 10.8. The van der Waals surface area contributed by atoms with Gasteiger partial charge >= 0.3 is 6.09 Å². The number of nitrogen functional groups attached to an aromatic ring is 1. The molecule has 2 aromatic rings. The minimum absolute atomic E-state index is 0.378. The quantitative estimate of drug-likeness (QED) is 0.438. The molecule has 0 atom stereocenters. The van der Waals surface area contributed by atoms with Gasteiger partial charge in [0.25, 0.3) is 0 Å². The molecule has 0 aliphatic carbocycles. The zero-order valence-electron chi connectivity index (χ0n) is 14.7. The average molecular weight is 343 g/mol. The van der Waals surface area contributed by atoms with E-state index in [1.807, 2.05) is 42.5 Å². The molecule has 0 radical (unpaired) electrons. The van der Waals surface area contributed by atoms with Crippen molar-refractivity contribution in [1.29, 1.82) is 0 Å². The van der Waals surface area contributed by atoms with Gasteiger partial charge in [0, 0.05) is 25.8 Å². The van der Waals surface area contributed by atoms with Crippen LogP contribution in [0.25, 0.3) is 0 Å². The number of carbonyl (C=O) groups is 1. The first-order valence-corrected chi connectivity index (χ1v) is 8.22. The number of carbonyl (C=O) groups excluding carboxylic acids is 1. The summed E-state index contributed by atoms with van der Waals surface area (Å²) in [6, 6.07) is 14.9. The van der Waals surface area contributed by atoms with Crippen LogP contribution in [0.4, 0.5) is 10.5 Å². The van der Waals surface area contributed by atoms with E-state index in [0.29, 0.717) is 18.2 Å². The zero-order chi connectivity index (χ0) is 18.1. The zero-order valence-corrected chi connectivity index (χ0v) is 14.7. The van der Waals surface area contributed by atoms with Gasteiger partial charge in [-0.05, 0) is 49.2 Å². The predicted molar refractivity (Wildman–Crippen MR) is 98.8 cm³/mol. The molecule has 1 amide bonds. The number of aryl methyl sites for hydroxylation is 1. The first-order valence-electron chi connectivity index (χ1n) is 8.22. The van der Waals surface area contributed by atoms with Crippen LogP contribution in [0, 0.1) is 0 Å². The van der Waals surface area contributed by atoms with Crippen LogP contribution in [0.2, 0.25) is 0 Å². The summed E-state index contributed by atoms with van der Waals surface area (Å²) in [4.78, 5) is 12.9. The maximum atomic E-state index is 11.5. The van der Waals surface area contributed by atoms with Crippen LogP contribution in [0.5, 0.6) is 11.5 Å². The fourth-order valence-electron chi connectivity index (χ4n) is 2.14. The summed E-state index contributed by atoms with van der Waals surface area (Å²) in [5.41, 5.74) is 7.59. The third-order valence-corrected chi connectivity index (χ3v) is 3.51. The summed E-state index contributed by atoms with van der Waals surface area (Å²) in [6.45, 7) is 1.29. The highest BCUT2D eigenvalue weighted by Gasteiger charge is 2.06. The number of hydrogen-bond acceptors (Lipinski definition) is 5. The van der Waals surface area contributed by atoms with Crippen molar-refractivity contribution in [2.45, 2.75) is 12.8 Å². The largest absolute Gasteiger partial charge is 0.478 e. The Morgan fingerprint density at radius 3 is 2.56 bits per heavy atom. The molecule has 2 rings (SSSR count). The minimum atomic E-state index is -0.378. The van der Waals surface area contributed by atoms with Crippen molar-refractivity contribution in [1.82, 2.24) is 10.2 Å². The molecule has 0 aromatic heterocycles. The molecule has 0 aliphatic rings. The third kappa shape index (κ3) is 6.73. The van der Waals surface area contributed by atoms with Crippen LogP contribution in [0.3, 0.4) is 0 Å². The Morgan fingerprint density at radius 1 is 1.12 bits per heavy atom. The van der Waals surface area contributed by atoms with Crippen LogP contribution in [-0.4, -0.2) is 38.4 Å². The van der Waals surface area contributed by atoms with E-state index in [1.165, 1.54) is 10.5 Å². The Morgan fingerprint density at radius 2 is 1.88 bits per heavy atom. The van der Waals surface area contributed by atoms with E-state index in [2.05, 4.69) is 5.32 Å². The van der Waals surface area contributed by atoms with Gasteiger partial charge in [0.15, 0.2) is 0 Å².